The number of nitrogens with zero attached hydrogens (tertiary/aromatic N) is 5. The van der Waals surface area contributed by atoms with Crippen LogP contribution in [0.3, 0.4) is 0 Å². The first-order valence-electron chi connectivity index (χ1n) is 9.26. The zero-order chi connectivity index (χ0) is 17.7. The zero-order valence-corrected chi connectivity index (χ0v) is 14.9. The van der Waals surface area contributed by atoms with E-state index in [9.17, 15) is 4.79 Å². The van der Waals surface area contributed by atoms with Gasteiger partial charge in [-0.05, 0) is 31.7 Å². The molecule has 0 N–H and O–H groups in total. The second-order valence-electron chi connectivity index (χ2n) is 7.42. The third kappa shape index (κ3) is 2.48. The molecule has 0 saturated carbocycles. The van der Waals surface area contributed by atoms with Crippen LogP contribution in [0.4, 0.5) is 5.82 Å². The number of fused-ring (bicyclic) bond motifs is 2. The molecule has 2 aromatic heterocycles. The van der Waals surface area contributed by atoms with Crippen molar-refractivity contribution in [2.75, 3.05) is 18.0 Å². The molecule has 0 radical (unpaired) electrons. The van der Waals surface area contributed by atoms with E-state index in [1.54, 1.807) is 10.7 Å². The van der Waals surface area contributed by atoms with Crippen LogP contribution in [0.15, 0.2) is 35.1 Å². The van der Waals surface area contributed by atoms with Crippen molar-refractivity contribution < 1.29 is 0 Å². The maximum Gasteiger partial charge on any atom is 0.267 e. The Morgan fingerprint density at radius 1 is 1.12 bits per heavy atom. The zero-order valence-electron chi connectivity index (χ0n) is 14.9. The Hall–Kier alpha value is -2.76. The summed E-state index contributed by atoms with van der Waals surface area (Å²) in [5, 5.41) is 15.6. The summed E-state index contributed by atoms with van der Waals surface area (Å²) < 4.78 is 1.66. The summed E-state index contributed by atoms with van der Waals surface area (Å²) in [5.41, 5.74) is 3.24. The molecule has 0 bridgehead atoms. The van der Waals surface area contributed by atoms with Gasteiger partial charge in [0.1, 0.15) is 0 Å². The first-order valence-corrected chi connectivity index (χ1v) is 9.26. The molecule has 0 spiro atoms. The summed E-state index contributed by atoms with van der Waals surface area (Å²) in [6, 6.07) is 10.1. The molecule has 26 heavy (non-hydrogen) atoms. The van der Waals surface area contributed by atoms with Crippen LogP contribution in [0.1, 0.15) is 23.4 Å². The largest absolute Gasteiger partial charge is 0.354 e. The van der Waals surface area contributed by atoms with Crippen molar-refractivity contribution in [1.82, 2.24) is 20.0 Å². The molecule has 1 aliphatic carbocycles. The lowest BCUT2D eigenvalue weighted by Crippen LogP contribution is -2.50. The van der Waals surface area contributed by atoms with Crippen molar-refractivity contribution in [2.45, 2.75) is 32.7 Å². The number of benzene rings is 1. The van der Waals surface area contributed by atoms with Crippen molar-refractivity contribution in [2.24, 2.45) is 5.92 Å². The van der Waals surface area contributed by atoms with Crippen LogP contribution in [0, 0.1) is 12.8 Å². The van der Waals surface area contributed by atoms with Crippen molar-refractivity contribution >= 4 is 16.6 Å². The van der Waals surface area contributed by atoms with E-state index in [0.29, 0.717) is 12.5 Å². The highest BCUT2D eigenvalue weighted by Gasteiger charge is 2.30. The Morgan fingerprint density at radius 3 is 2.77 bits per heavy atom. The highest BCUT2D eigenvalue weighted by molar-refractivity contribution is 5.93. The lowest BCUT2D eigenvalue weighted by molar-refractivity contribution is 0.331. The van der Waals surface area contributed by atoms with Gasteiger partial charge in [-0.3, -0.25) is 4.79 Å². The van der Waals surface area contributed by atoms with Gasteiger partial charge in [0.15, 0.2) is 5.82 Å². The molecular formula is C20H21N5O. The first kappa shape index (κ1) is 15.5. The fraction of sp³-hybridized carbons (Fsp3) is 0.400. The van der Waals surface area contributed by atoms with Gasteiger partial charge in [-0.15, -0.1) is 5.10 Å². The van der Waals surface area contributed by atoms with Crippen molar-refractivity contribution in [1.29, 1.82) is 0 Å². The molecule has 5 rings (SSSR count). The molecule has 3 heterocycles. The molecule has 0 amide bonds. The summed E-state index contributed by atoms with van der Waals surface area (Å²) in [7, 11) is 0. The molecule has 1 aliphatic heterocycles. The molecule has 132 valence electrons. The van der Waals surface area contributed by atoms with Gasteiger partial charge < -0.3 is 4.90 Å². The van der Waals surface area contributed by atoms with Crippen LogP contribution in [0.25, 0.3) is 10.8 Å². The average molecular weight is 347 g/mol. The Kier molecular flexibility index (Phi) is 3.51. The van der Waals surface area contributed by atoms with Gasteiger partial charge in [-0.25, -0.2) is 4.68 Å². The van der Waals surface area contributed by atoms with Crippen molar-refractivity contribution in [3.05, 3.63) is 57.6 Å². The average Bonchev–Trinajstić information content (AvgIpc) is 3.06. The quantitative estimate of drug-likeness (QED) is 0.726. The third-order valence-electron chi connectivity index (χ3n) is 5.56. The van der Waals surface area contributed by atoms with Crippen molar-refractivity contribution in [3.63, 3.8) is 0 Å². The van der Waals surface area contributed by atoms with Gasteiger partial charge >= 0.3 is 0 Å². The smallest absolute Gasteiger partial charge is 0.267 e. The second kappa shape index (κ2) is 5.90. The number of hydrogen-bond acceptors (Lipinski definition) is 5. The van der Waals surface area contributed by atoms with E-state index in [2.05, 4.69) is 32.3 Å². The summed E-state index contributed by atoms with van der Waals surface area (Å²) in [6.45, 7) is 4.43. The van der Waals surface area contributed by atoms with Crippen molar-refractivity contribution in [3.8, 4) is 0 Å². The number of aromatic nitrogens is 4. The van der Waals surface area contributed by atoms with Gasteiger partial charge in [0.25, 0.3) is 5.56 Å². The van der Waals surface area contributed by atoms with Gasteiger partial charge in [-0.1, -0.05) is 24.3 Å². The topological polar surface area (TPSA) is 63.9 Å². The maximum atomic E-state index is 12.3. The maximum absolute atomic E-state index is 12.3. The van der Waals surface area contributed by atoms with Crippen LogP contribution in [0.5, 0.6) is 0 Å². The van der Waals surface area contributed by atoms with E-state index < -0.39 is 0 Å². The lowest BCUT2D eigenvalue weighted by atomic mass is 9.99. The molecule has 6 nitrogen and oxygen atoms in total. The first-order chi connectivity index (χ1) is 12.7. The molecular weight excluding hydrogens is 326 g/mol. The predicted molar refractivity (Wildman–Crippen MR) is 101 cm³/mol. The summed E-state index contributed by atoms with van der Waals surface area (Å²) in [4.78, 5) is 14.5. The van der Waals surface area contributed by atoms with E-state index in [-0.39, 0.29) is 5.56 Å². The van der Waals surface area contributed by atoms with Crippen LogP contribution in [0.2, 0.25) is 0 Å². The van der Waals surface area contributed by atoms with E-state index in [1.807, 2.05) is 19.1 Å². The van der Waals surface area contributed by atoms with E-state index in [1.165, 1.54) is 0 Å². The van der Waals surface area contributed by atoms with Crippen LogP contribution >= 0.6 is 0 Å². The Morgan fingerprint density at radius 2 is 1.92 bits per heavy atom. The normalized spacial score (nSPS) is 16.7. The number of hydrogen-bond donors (Lipinski definition) is 0. The lowest BCUT2D eigenvalue weighted by Gasteiger charge is -2.40. The third-order valence-corrected chi connectivity index (χ3v) is 5.56. The van der Waals surface area contributed by atoms with Crippen LogP contribution in [-0.2, 0) is 19.4 Å². The van der Waals surface area contributed by atoms with Gasteiger partial charge in [-0.2, -0.15) is 10.2 Å². The van der Waals surface area contributed by atoms with E-state index in [0.717, 1.165) is 65.9 Å². The van der Waals surface area contributed by atoms with Crippen LogP contribution < -0.4 is 10.5 Å². The molecule has 0 atom stereocenters. The minimum Gasteiger partial charge on any atom is -0.354 e. The predicted octanol–water partition coefficient (Wildman–Crippen LogP) is 2.12. The van der Waals surface area contributed by atoms with Gasteiger partial charge in [0.05, 0.1) is 17.9 Å². The minimum absolute atomic E-state index is 0.0321. The number of rotatable bonds is 3. The monoisotopic (exact) mass is 347 g/mol. The molecule has 1 fully saturated rings. The molecule has 3 aromatic rings. The van der Waals surface area contributed by atoms with E-state index in [4.69, 9.17) is 0 Å². The standard InChI is InChI=1S/C20H21N5O/c1-13-16-6-2-3-7-17(16)20(22-21-13)24-10-14(11-24)12-25-19(26)9-15-5-4-8-18(15)23-25/h2-3,6-7,9,14H,4-5,8,10-12H2,1H3. The highest BCUT2D eigenvalue weighted by Crippen LogP contribution is 2.30. The highest BCUT2D eigenvalue weighted by atomic mass is 16.1. The Balaban J connectivity index is 1.34. The molecule has 6 heteroatoms. The second-order valence-corrected chi connectivity index (χ2v) is 7.42. The molecule has 0 unspecified atom stereocenters. The Bertz CT molecular complexity index is 1050. The van der Waals surface area contributed by atoms with Gasteiger partial charge in [0, 0.05) is 35.8 Å². The van der Waals surface area contributed by atoms with E-state index >= 15 is 0 Å². The molecule has 1 aromatic carbocycles. The fourth-order valence-electron chi connectivity index (χ4n) is 4.13. The summed E-state index contributed by atoms with van der Waals surface area (Å²) >= 11 is 0. The Labute approximate surface area is 151 Å². The van der Waals surface area contributed by atoms with Gasteiger partial charge in [0.2, 0.25) is 0 Å². The number of aryl methyl sites for hydroxylation is 3. The summed E-state index contributed by atoms with van der Waals surface area (Å²) in [6.07, 6.45) is 3.11. The van der Waals surface area contributed by atoms with Crippen LogP contribution in [-0.4, -0.2) is 33.1 Å². The molecule has 1 saturated heterocycles. The summed E-state index contributed by atoms with van der Waals surface area (Å²) in [5.74, 6) is 1.36. The SMILES string of the molecule is Cc1nnc(N2CC(Cn3nc4c(cc3=O)CCC4)C2)c2ccccc12. The number of anilines is 1. The fourth-order valence-corrected chi connectivity index (χ4v) is 4.13. The molecule has 2 aliphatic rings. The minimum atomic E-state index is 0.0321.